The zero-order chi connectivity index (χ0) is 10.4. The van der Waals surface area contributed by atoms with Gasteiger partial charge in [0.25, 0.3) is 0 Å². The molecule has 0 saturated heterocycles. The van der Waals surface area contributed by atoms with Gasteiger partial charge in [0.05, 0.1) is 12.2 Å². The van der Waals surface area contributed by atoms with E-state index in [2.05, 4.69) is 0 Å². The molecule has 4 heteroatoms. The molecule has 0 amide bonds. The molecule has 0 unspecified atom stereocenters. The Hall–Kier alpha value is -0.160. The van der Waals surface area contributed by atoms with Crippen molar-refractivity contribution in [3.8, 4) is 0 Å². The third-order valence-electron chi connectivity index (χ3n) is 2.14. The Balaban J connectivity index is 3.99. The van der Waals surface area contributed by atoms with Crippen molar-refractivity contribution in [3.05, 3.63) is 0 Å². The number of hydrogen-bond acceptors (Lipinski definition) is 4. The molecule has 0 aromatic heterocycles. The van der Waals surface area contributed by atoms with Crippen LogP contribution in [0.5, 0.6) is 0 Å². The van der Waals surface area contributed by atoms with Gasteiger partial charge in [0, 0.05) is 0 Å². The first-order chi connectivity index (χ1) is 6.04. The lowest BCUT2D eigenvalue weighted by Crippen LogP contribution is -2.44. The molecule has 0 aromatic carbocycles. The standard InChI is InChI=1S/C9H20O4/c1-3-5-7(11)9(13)8(12)6(10)4-2/h6-13H,3-5H2,1-2H3/t6-,7+,8-,9-/m1/s1. The Morgan fingerprint density at radius 1 is 0.846 bits per heavy atom. The van der Waals surface area contributed by atoms with Crippen LogP contribution in [0.4, 0.5) is 0 Å². The molecule has 0 aliphatic rings. The highest BCUT2D eigenvalue weighted by Crippen LogP contribution is 2.10. The molecule has 0 saturated carbocycles. The molecule has 0 heterocycles. The monoisotopic (exact) mass is 192 g/mol. The zero-order valence-electron chi connectivity index (χ0n) is 8.22. The molecular formula is C9H20O4. The van der Waals surface area contributed by atoms with Crippen molar-refractivity contribution in [1.29, 1.82) is 0 Å². The third-order valence-corrected chi connectivity index (χ3v) is 2.14. The Kier molecular flexibility index (Phi) is 6.24. The first-order valence-corrected chi connectivity index (χ1v) is 4.76. The van der Waals surface area contributed by atoms with Gasteiger partial charge in [0.15, 0.2) is 0 Å². The molecule has 4 N–H and O–H groups in total. The highest BCUT2D eigenvalue weighted by Gasteiger charge is 2.28. The summed E-state index contributed by atoms with van der Waals surface area (Å²) < 4.78 is 0. The van der Waals surface area contributed by atoms with E-state index in [4.69, 9.17) is 0 Å². The highest BCUT2D eigenvalue weighted by molar-refractivity contribution is 4.79. The van der Waals surface area contributed by atoms with Crippen LogP contribution < -0.4 is 0 Å². The average molecular weight is 192 g/mol. The maximum absolute atomic E-state index is 9.36. The summed E-state index contributed by atoms with van der Waals surface area (Å²) in [5.74, 6) is 0. The maximum Gasteiger partial charge on any atom is 0.108 e. The lowest BCUT2D eigenvalue weighted by Gasteiger charge is -2.25. The topological polar surface area (TPSA) is 80.9 Å². The molecule has 0 radical (unpaired) electrons. The third kappa shape index (κ3) is 4.04. The second-order valence-electron chi connectivity index (χ2n) is 3.31. The summed E-state index contributed by atoms with van der Waals surface area (Å²) in [6, 6.07) is 0. The number of hydrogen-bond donors (Lipinski definition) is 4. The number of rotatable bonds is 6. The van der Waals surface area contributed by atoms with Crippen LogP contribution in [0.1, 0.15) is 33.1 Å². The molecular weight excluding hydrogens is 172 g/mol. The lowest BCUT2D eigenvalue weighted by molar-refractivity contribution is -0.106. The predicted molar refractivity (Wildman–Crippen MR) is 49.2 cm³/mol. The van der Waals surface area contributed by atoms with Crippen molar-refractivity contribution in [2.75, 3.05) is 0 Å². The molecule has 4 atom stereocenters. The first kappa shape index (κ1) is 12.8. The van der Waals surface area contributed by atoms with Crippen LogP contribution in [0, 0.1) is 0 Å². The summed E-state index contributed by atoms with van der Waals surface area (Å²) in [5, 5.41) is 37.2. The second-order valence-corrected chi connectivity index (χ2v) is 3.31. The fourth-order valence-electron chi connectivity index (χ4n) is 1.16. The van der Waals surface area contributed by atoms with E-state index in [1.54, 1.807) is 6.92 Å². The molecule has 4 nitrogen and oxygen atoms in total. The van der Waals surface area contributed by atoms with Crippen LogP contribution in [0.25, 0.3) is 0 Å². The molecule has 0 spiro atoms. The van der Waals surface area contributed by atoms with Crippen LogP contribution in [0.15, 0.2) is 0 Å². The molecule has 0 fully saturated rings. The van der Waals surface area contributed by atoms with E-state index in [0.717, 1.165) is 6.42 Å². The van der Waals surface area contributed by atoms with E-state index in [1.165, 1.54) is 0 Å². The first-order valence-electron chi connectivity index (χ1n) is 4.76. The van der Waals surface area contributed by atoms with Crippen LogP contribution >= 0.6 is 0 Å². The minimum atomic E-state index is -1.26. The largest absolute Gasteiger partial charge is 0.390 e. The van der Waals surface area contributed by atoms with Gasteiger partial charge in [-0.1, -0.05) is 20.3 Å². The van der Waals surface area contributed by atoms with Gasteiger partial charge in [-0.3, -0.25) is 0 Å². The van der Waals surface area contributed by atoms with E-state index < -0.39 is 24.4 Å². The van der Waals surface area contributed by atoms with Gasteiger partial charge in [0.1, 0.15) is 12.2 Å². The summed E-state index contributed by atoms with van der Waals surface area (Å²) in [6.45, 7) is 3.57. The van der Waals surface area contributed by atoms with Crippen LogP contribution in [0.2, 0.25) is 0 Å². The second kappa shape index (κ2) is 6.32. The Morgan fingerprint density at radius 2 is 1.31 bits per heavy atom. The smallest absolute Gasteiger partial charge is 0.108 e. The molecule has 0 rings (SSSR count). The van der Waals surface area contributed by atoms with Crippen LogP contribution in [-0.4, -0.2) is 44.8 Å². The average Bonchev–Trinajstić information content (AvgIpc) is 2.14. The van der Waals surface area contributed by atoms with Crippen LogP contribution in [0.3, 0.4) is 0 Å². The van der Waals surface area contributed by atoms with Gasteiger partial charge in [-0.05, 0) is 12.8 Å². The van der Waals surface area contributed by atoms with E-state index in [0.29, 0.717) is 12.8 Å². The summed E-state index contributed by atoms with van der Waals surface area (Å²) in [7, 11) is 0. The van der Waals surface area contributed by atoms with Gasteiger partial charge in [0.2, 0.25) is 0 Å². The van der Waals surface area contributed by atoms with Gasteiger partial charge in [-0.25, -0.2) is 0 Å². The van der Waals surface area contributed by atoms with Gasteiger partial charge < -0.3 is 20.4 Å². The summed E-state index contributed by atoms with van der Waals surface area (Å²) in [6.07, 6.45) is -2.93. The Morgan fingerprint density at radius 3 is 1.69 bits per heavy atom. The minimum absolute atomic E-state index is 0.358. The van der Waals surface area contributed by atoms with Crippen molar-refractivity contribution in [3.63, 3.8) is 0 Å². The van der Waals surface area contributed by atoms with E-state index >= 15 is 0 Å². The Bertz CT molecular complexity index is 129. The zero-order valence-corrected chi connectivity index (χ0v) is 8.22. The SMILES string of the molecule is CCC[C@H](O)[C@@H](O)[C@H](O)[C@H](O)CC. The van der Waals surface area contributed by atoms with Gasteiger partial charge in [-0.15, -0.1) is 0 Å². The number of aliphatic hydroxyl groups is 4. The van der Waals surface area contributed by atoms with Gasteiger partial charge in [-0.2, -0.15) is 0 Å². The fourth-order valence-corrected chi connectivity index (χ4v) is 1.16. The molecule has 80 valence electrons. The van der Waals surface area contributed by atoms with Crippen LogP contribution in [-0.2, 0) is 0 Å². The molecule has 0 aromatic rings. The molecule has 0 aliphatic carbocycles. The van der Waals surface area contributed by atoms with Crippen molar-refractivity contribution >= 4 is 0 Å². The molecule has 0 bridgehead atoms. The summed E-state index contributed by atoms with van der Waals surface area (Å²) in [5.41, 5.74) is 0. The lowest BCUT2D eigenvalue weighted by atomic mass is 9.99. The predicted octanol–water partition coefficient (Wildman–Crippen LogP) is -0.360. The summed E-state index contributed by atoms with van der Waals surface area (Å²) in [4.78, 5) is 0. The minimum Gasteiger partial charge on any atom is -0.390 e. The van der Waals surface area contributed by atoms with Crippen molar-refractivity contribution in [2.45, 2.75) is 57.5 Å². The van der Waals surface area contributed by atoms with Gasteiger partial charge >= 0.3 is 0 Å². The molecule has 0 aliphatic heterocycles. The fraction of sp³-hybridized carbons (Fsp3) is 1.00. The van der Waals surface area contributed by atoms with Crippen molar-refractivity contribution in [2.24, 2.45) is 0 Å². The normalized spacial score (nSPS) is 20.8. The van der Waals surface area contributed by atoms with E-state index in [1.807, 2.05) is 6.92 Å². The Labute approximate surface area is 78.8 Å². The highest BCUT2D eigenvalue weighted by atomic mass is 16.4. The summed E-state index contributed by atoms with van der Waals surface area (Å²) >= 11 is 0. The van der Waals surface area contributed by atoms with Crippen molar-refractivity contribution in [1.82, 2.24) is 0 Å². The quantitative estimate of drug-likeness (QED) is 0.463. The van der Waals surface area contributed by atoms with E-state index in [-0.39, 0.29) is 0 Å². The molecule has 13 heavy (non-hydrogen) atoms. The number of aliphatic hydroxyl groups excluding tert-OH is 4. The van der Waals surface area contributed by atoms with Crippen molar-refractivity contribution < 1.29 is 20.4 Å². The van der Waals surface area contributed by atoms with E-state index in [9.17, 15) is 20.4 Å². The maximum atomic E-state index is 9.36.